The van der Waals surface area contributed by atoms with Crippen molar-refractivity contribution in [1.82, 2.24) is 0 Å². The van der Waals surface area contributed by atoms with Gasteiger partial charge in [0.2, 0.25) is 0 Å². The fraction of sp³-hybridized carbons (Fsp3) is 0.714. The van der Waals surface area contributed by atoms with Gasteiger partial charge in [0.15, 0.2) is 6.29 Å². The first-order valence-electron chi connectivity index (χ1n) is 3.83. The first-order valence-corrected chi connectivity index (χ1v) is 3.83. The summed E-state index contributed by atoms with van der Waals surface area (Å²) in [6.07, 6.45) is -0.469. The molecular weight excluding hydrogens is 184 g/mol. The summed E-state index contributed by atoms with van der Waals surface area (Å²) in [5.41, 5.74) is 0.209. The molecule has 0 aliphatic heterocycles. The molecule has 0 rings (SSSR count). The van der Waals surface area contributed by atoms with Crippen LogP contribution in [0.2, 0.25) is 0 Å². The molecule has 0 aromatic carbocycles. The van der Waals surface area contributed by atoms with Gasteiger partial charge in [-0.15, -0.1) is 11.5 Å². The van der Waals surface area contributed by atoms with Crippen LogP contribution in [0.5, 0.6) is 0 Å². The largest absolute Gasteiger partial charge is 0.502 e. The van der Waals surface area contributed by atoms with Gasteiger partial charge in [0.05, 0.1) is 0 Å². The Morgan fingerprint density at radius 2 is 1.77 bits per heavy atom. The van der Waals surface area contributed by atoms with E-state index >= 15 is 0 Å². The molecule has 0 bridgehead atoms. The minimum Gasteiger partial charge on any atom is -0.445 e. The average molecular weight is 197 g/mol. The van der Waals surface area contributed by atoms with Crippen LogP contribution in [0, 0.1) is 0 Å². The Hall–Kier alpha value is -0.485. The smallest absolute Gasteiger partial charge is 0.445 e. The van der Waals surface area contributed by atoms with Crippen molar-refractivity contribution in [1.29, 1.82) is 0 Å². The van der Waals surface area contributed by atoms with Crippen LogP contribution in [0.25, 0.3) is 0 Å². The Labute approximate surface area is 75.8 Å². The fourth-order valence-corrected chi connectivity index (χ4v) is 0.916. The van der Waals surface area contributed by atoms with Crippen molar-refractivity contribution in [3.05, 3.63) is 11.5 Å². The molecule has 0 N–H and O–H groups in total. The van der Waals surface area contributed by atoms with E-state index in [1.807, 2.05) is 0 Å². The molecule has 6 heteroatoms. The molecule has 0 spiro atoms. The molecular formula is C7H13BF3O2-. The molecule has 78 valence electrons. The lowest BCUT2D eigenvalue weighted by Crippen LogP contribution is -2.16. The Morgan fingerprint density at radius 1 is 1.31 bits per heavy atom. The van der Waals surface area contributed by atoms with Crippen molar-refractivity contribution < 1.29 is 22.4 Å². The lowest BCUT2D eigenvalue weighted by Gasteiger charge is -2.16. The zero-order valence-corrected chi connectivity index (χ0v) is 7.89. The van der Waals surface area contributed by atoms with Gasteiger partial charge < -0.3 is 22.4 Å². The topological polar surface area (TPSA) is 18.5 Å². The molecule has 0 atom stereocenters. The summed E-state index contributed by atoms with van der Waals surface area (Å²) >= 11 is 0. The van der Waals surface area contributed by atoms with E-state index in [1.165, 1.54) is 21.1 Å². The van der Waals surface area contributed by atoms with Gasteiger partial charge in [-0.3, -0.25) is 0 Å². The van der Waals surface area contributed by atoms with Gasteiger partial charge in [-0.25, -0.2) is 0 Å². The third kappa shape index (κ3) is 6.66. The summed E-state index contributed by atoms with van der Waals surface area (Å²) in [6.45, 7) is -3.46. The predicted octanol–water partition coefficient (Wildman–Crippen LogP) is 2.33. The lowest BCUT2D eigenvalue weighted by atomic mass is 9.88. The molecule has 0 saturated carbocycles. The molecule has 0 aromatic heterocycles. The van der Waals surface area contributed by atoms with E-state index < -0.39 is 13.3 Å². The summed E-state index contributed by atoms with van der Waals surface area (Å²) in [4.78, 5) is 0. The first-order chi connectivity index (χ1) is 5.89. The normalized spacial score (nSPS) is 13.9. The van der Waals surface area contributed by atoms with Crippen LogP contribution in [0.1, 0.15) is 13.3 Å². The van der Waals surface area contributed by atoms with Crippen LogP contribution < -0.4 is 0 Å². The minimum atomic E-state index is -4.86. The maximum Gasteiger partial charge on any atom is 0.502 e. The number of rotatable bonds is 5. The van der Waals surface area contributed by atoms with Crippen LogP contribution in [0.4, 0.5) is 12.9 Å². The number of halogens is 3. The van der Waals surface area contributed by atoms with Crippen molar-refractivity contribution in [2.75, 3.05) is 14.2 Å². The molecule has 2 nitrogen and oxygen atoms in total. The highest BCUT2D eigenvalue weighted by Crippen LogP contribution is 2.16. The zero-order valence-electron chi connectivity index (χ0n) is 7.89. The van der Waals surface area contributed by atoms with E-state index in [9.17, 15) is 12.9 Å². The summed E-state index contributed by atoms with van der Waals surface area (Å²) in [7, 11) is 2.78. The van der Waals surface area contributed by atoms with Crippen LogP contribution >= 0.6 is 0 Å². The van der Waals surface area contributed by atoms with Crippen molar-refractivity contribution in [3.8, 4) is 0 Å². The predicted molar refractivity (Wildman–Crippen MR) is 45.3 cm³/mol. The highest BCUT2D eigenvalue weighted by molar-refractivity contribution is 6.64. The average Bonchev–Trinajstić information content (AvgIpc) is 1.96. The van der Waals surface area contributed by atoms with Gasteiger partial charge in [-0.1, -0.05) is 0 Å². The molecule has 0 aromatic rings. The summed E-state index contributed by atoms with van der Waals surface area (Å²) < 4.78 is 45.1. The molecule has 0 radical (unpaired) electrons. The van der Waals surface area contributed by atoms with Crippen molar-refractivity contribution >= 4 is 6.98 Å². The molecule has 13 heavy (non-hydrogen) atoms. The Bertz CT molecular complexity index is 175. The number of hydrogen-bond donors (Lipinski definition) is 0. The third-order valence-corrected chi connectivity index (χ3v) is 1.49. The third-order valence-electron chi connectivity index (χ3n) is 1.49. The maximum absolute atomic E-state index is 11.9. The van der Waals surface area contributed by atoms with Gasteiger partial charge in [0, 0.05) is 20.6 Å². The summed E-state index contributed by atoms with van der Waals surface area (Å²) in [5, 5.41) is 0. The SMILES string of the molecule is COC(C/C(C)=C/[B-](F)(F)F)OC. The van der Waals surface area contributed by atoms with Crippen molar-refractivity contribution in [2.45, 2.75) is 19.6 Å². The standard InChI is InChI=1S/C7H13BF3O2/c1-6(5-8(9,10)11)4-7(12-2)13-3/h5,7H,4H2,1-3H3/q-1/b6-5+. The van der Waals surface area contributed by atoms with Crippen LogP contribution in [0.15, 0.2) is 11.5 Å². The van der Waals surface area contributed by atoms with E-state index in [0.717, 1.165) is 0 Å². The van der Waals surface area contributed by atoms with Crippen LogP contribution in [0.3, 0.4) is 0 Å². The highest BCUT2D eigenvalue weighted by Gasteiger charge is 2.19. The van der Waals surface area contributed by atoms with Gasteiger partial charge in [-0.2, -0.15) is 0 Å². The lowest BCUT2D eigenvalue weighted by molar-refractivity contribution is -0.100. The van der Waals surface area contributed by atoms with Crippen molar-refractivity contribution in [3.63, 3.8) is 0 Å². The van der Waals surface area contributed by atoms with Crippen LogP contribution in [-0.2, 0) is 9.47 Å². The van der Waals surface area contributed by atoms with Gasteiger partial charge in [0.25, 0.3) is 0 Å². The fourth-order valence-electron chi connectivity index (χ4n) is 0.916. The van der Waals surface area contributed by atoms with E-state index in [1.54, 1.807) is 0 Å². The monoisotopic (exact) mass is 197 g/mol. The van der Waals surface area contributed by atoms with E-state index in [0.29, 0.717) is 5.98 Å². The van der Waals surface area contributed by atoms with Gasteiger partial charge in [0.1, 0.15) is 0 Å². The number of methoxy groups -OCH3 is 2. The molecule has 0 heterocycles. The molecule has 0 fully saturated rings. The van der Waals surface area contributed by atoms with Crippen LogP contribution in [-0.4, -0.2) is 27.5 Å². The second-order valence-corrected chi connectivity index (χ2v) is 2.74. The van der Waals surface area contributed by atoms with Gasteiger partial charge >= 0.3 is 6.98 Å². The maximum atomic E-state index is 11.9. The Balaban J connectivity index is 4.12. The second-order valence-electron chi connectivity index (χ2n) is 2.74. The van der Waals surface area contributed by atoms with E-state index in [4.69, 9.17) is 9.47 Å². The molecule has 0 aliphatic rings. The summed E-state index contributed by atoms with van der Waals surface area (Å²) in [5.74, 6) is 0.311. The van der Waals surface area contributed by atoms with E-state index in [2.05, 4.69) is 0 Å². The number of hydrogen-bond acceptors (Lipinski definition) is 2. The molecule has 0 saturated heterocycles. The first kappa shape index (κ1) is 12.5. The van der Waals surface area contributed by atoms with Crippen molar-refractivity contribution in [2.24, 2.45) is 0 Å². The zero-order chi connectivity index (χ0) is 10.5. The molecule has 0 unspecified atom stereocenters. The van der Waals surface area contributed by atoms with E-state index in [-0.39, 0.29) is 12.0 Å². The quantitative estimate of drug-likeness (QED) is 0.497. The Morgan fingerprint density at radius 3 is 2.08 bits per heavy atom. The molecule has 0 amide bonds. The highest BCUT2D eigenvalue weighted by atomic mass is 19.4. The minimum absolute atomic E-state index is 0.133. The summed E-state index contributed by atoms with van der Waals surface area (Å²) in [6, 6.07) is 0. The molecule has 0 aliphatic carbocycles. The van der Waals surface area contributed by atoms with Gasteiger partial charge in [-0.05, 0) is 6.92 Å². The Kier molecular flexibility index (Phi) is 5.09. The second kappa shape index (κ2) is 5.29. The number of ether oxygens (including phenoxy) is 2.